The van der Waals surface area contributed by atoms with Gasteiger partial charge in [0.1, 0.15) is 5.69 Å². The minimum absolute atomic E-state index is 0.254. The summed E-state index contributed by atoms with van der Waals surface area (Å²) in [5.41, 5.74) is 0.556. The number of carbonyl (C=O) groups excluding carboxylic acids is 1. The first-order valence-corrected chi connectivity index (χ1v) is 7.97. The summed E-state index contributed by atoms with van der Waals surface area (Å²) in [6.45, 7) is 8.25. The summed E-state index contributed by atoms with van der Waals surface area (Å²) in [4.78, 5) is 18.6. The maximum absolute atomic E-state index is 12.1. The van der Waals surface area contributed by atoms with Crippen molar-refractivity contribution in [2.45, 2.75) is 19.9 Å². The third-order valence-corrected chi connectivity index (χ3v) is 3.97. The lowest BCUT2D eigenvalue weighted by molar-refractivity contribution is 0.00728. The molecule has 0 aromatic carbocycles. The molecule has 0 aliphatic carbocycles. The molecule has 1 unspecified atom stereocenters. The molecule has 2 N–H and O–H groups in total. The van der Waals surface area contributed by atoms with E-state index >= 15 is 0 Å². The average molecular weight is 322 g/mol. The first-order chi connectivity index (χ1) is 11.1. The molecule has 2 amide bonds. The highest BCUT2D eigenvalue weighted by Gasteiger charge is 2.24. The smallest absolute Gasteiger partial charge is 0.319 e. The van der Waals surface area contributed by atoms with Gasteiger partial charge in [0.15, 0.2) is 0 Å². The van der Waals surface area contributed by atoms with E-state index in [4.69, 9.17) is 9.47 Å². The first kappa shape index (κ1) is 17.5. The number of urea groups is 1. The fourth-order valence-electron chi connectivity index (χ4n) is 2.71. The summed E-state index contributed by atoms with van der Waals surface area (Å²) in [6, 6.07) is 3.55. The second kappa shape index (κ2) is 8.69. The van der Waals surface area contributed by atoms with Crippen LogP contribution in [0, 0.1) is 5.92 Å². The largest absolute Gasteiger partial charge is 0.480 e. The predicted octanol–water partition coefficient (Wildman–Crippen LogP) is 1.57. The molecule has 2 heterocycles. The Hall–Kier alpha value is -1.86. The number of ether oxygens (including phenoxy) is 2. The number of pyridine rings is 1. The molecule has 1 aliphatic rings. The molecule has 7 nitrogen and oxygen atoms in total. The van der Waals surface area contributed by atoms with Crippen LogP contribution in [0.25, 0.3) is 0 Å². The Labute approximate surface area is 137 Å². The lowest BCUT2D eigenvalue weighted by Gasteiger charge is -2.36. The van der Waals surface area contributed by atoms with Gasteiger partial charge in [-0.15, -0.1) is 0 Å². The van der Waals surface area contributed by atoms with E-state index in [1.54, 1.807) is 18.3 Å². The van der Waals surface area contributed by atoms with Gasteiger partial charge >= 0.3 is 6.03 Å². The zero-order valence-electron chi connectivity index (χ0n) is 14.0. The molecule has 1 saturated heterocycles. The van der Waals surface area contributed by atoms with Gasteiger partial charge in [-0.2, -0.15) is 0 Å². The van der Waals surface area contributed by atoms with E-state index in [0.29, 0.717) is 30.1 Å². The third kappa shape index (κ3) is 5.07. The number of nitrogens with one attached hydrogen (secondary N) is 2. The van der Waals surface area contributed by atoms with Gasteiger partial charge in [0.25, 0.3) is 0 Å². The number of nitrogens with zero attached hydrogens (tertiary/aromatic N) is 2. The Bertz CT molecular complexity index is 504. The zero-order chi connectivity index (χ0) is 16.7. The van der Waals surface area contributed by atoms with Gasteiger partial charge in [0.2, 0.25) is 5.88 Å². The maximum Gasteiger partial charge on any atom is 0.319 e. The van der Waals surface area contributed by atoms with Crippen LogP contribution in [0.3, 0.4) is 0 Å². The second-order valence-corrected chi connectivity index (χ2v) is 5.85. The quantitative estimate of drug-likeness (QED) is 0.831. The molecule has 23 heavy (non-hydrogen) atoms. The van der Waals surface area contributed by atoms with Crippen molar-refractivity contribution < 1.29 is 14.3 Å². The van der Waals surface area contributed by atoms with Crippen molar-refractivity contribution in [2.24, 2.45) is 5.92 Å². The molecule has 0 saturated carbocycles. The number of rotatable bonds is 6. The van der Waals surface area contributed by atoms with Crippen molar-refractivity contribution in [3.63, 3.8) is 0 Å². The molecule has 128 valence electrons. The van der Waals surface area contributed by atoms with E-state index < -0.39 is 0 Å². The van der Waals surface area contributed by atoms with E-state index in [0.717, 1.165) is 26.3 Å². The second-order valence-electron chi connectivity index (χ2n) is 5.85. The fourth-order valence-corrected chi connectivity index (χ4v) is 2.71. The SMILES string of the molecule is COc1ncccc1NC(=O)NCC(C(C)C)N1CCOCC1. The van der Waals surface area contributed by atoms with Gasteiger partial charge in [0.05, 0.1) is 20.3 Å². The number of morpholine rings is 1. The van der Waals surface area contributed by atoms with Crippen LogP contribution in [0.2, 0.25) is 0 Å². The van der Waals surface area contributed by atoms with Crippen molar-refractivity contribution in [3.05, 3.63) is 18.3 Å². The predicted molar refractivity (Wildman–Crippen MR) is 88.8 cm³/mol. The minimum atomic E-state index is -0.254. The number of hydrogen-bond donors (Lipinski definition) is 2. The highest BCUT2D eigenvalue weighted by atomic mass is 16.5. The van der Waals surface area contributed by atoms with Crippen LogP contribution in [0.5, 0.6) is 5.88 Å². The summed E-state index contributed by atoms with van der Waals surface area (Å²) in [5, 5.41) is 5.72. The van der Waals surface area contributed by atoms with Crippen LogP contribution in [0.15, 0.2) is 18.3 Å². The Morgan fingerprint density at radius 2 is 2.17 bits per heavy atom. The van der Waals surface area contributed by atoms with Crippen molar-refractivity contribution >= 4 is 11.7 Å². The fraction of sp³-hybridized carbons (Fsp3) is 0.625. The van der Waals surface area contributed by atoms with E-state index in [-0.39, 0.29) is 6.03 Å². The molecule has 0 radical (unpaired) electrons. The first-order valence-electron chi connectivity index (χ1n) is 7.97. The standard InChI is InChI=1S/C16H26N4O3/c1-12(2)14(20-7-9-23-10-8-20)11-18-16(21)19-13-5-4-6-17-15(13)22-3/h4-6,12,14H,7-11H2,1-3H3,(H2,18,19,21). The Morgan fingerprint density at radius 3 is 2.83 bits per heavy atom. The van der Waals surface area contributed by atoms with Crippen LogP contribution in [-0.2, 0) is 4.74 Å². The molecule has 1 aromatic rings. The lowest BCUT2D eigenvalue weighted by atomic mass is 10.0. The van der Waals surface area contributed by atoms with Crippen molar-refractivity contribution in [1.82, 2.24) is 15.2 Å². The van der Waals surface area contributed by atoms with Crippen LogP contribution in [0.4, 0.5) is 10.5 Å². The highest BCUT2D eigenvalue weighted by molar-refractivity contribution is 5.90. The van der Waals surface area contributed by atoms with Gasteiger partial charge in [0, 0.05) is 31.9 Å². The lowest BCUT2D eigenvalue weighted by Crippen LogP contribution is -2.51. The van der Waals surface area contributed by atoms with Crippen LogP contribution < -0.4 is 15.4 Å². The van der Waals surface area contributed by atoms with Crippen LogP contribution in [-0.4, -0.2) is 61.9 Å². The number of anilines is 1. The van der Waals surface area contributed by atoms with Crippen molar-refractivity contribution in [1.29, 1.82) is 0 Å². The van der Waals surface area contributed by atoms with Crippen LogP contribution >= 0.6 is 0 Å². The zero-order valence-corrected chi connectivity index (χ0v) is 14.0. The summed E-state index contributed by atoms with van der Waals surface area (Å²) in [6.07, 6.45) is 1.62. The monoisotopic (exact) mass is 322 g/mol. The van der Waals surface area contributed by atoms with Crippen molar-refractivity contribution in [2.75, 3.05) is 45.3 Å². The Balaban J connectivity index is 1.88. The van der Waals surface area contributed by atoms with Gasteiger partial charge in [-0.05, 0) is 18.1 Å². The molecule has 1 aromatic heterocycles. The summed E-state index contributed by atoms with van der Waals surface area (Å²) in [5.74, 6) is 0.845. The molecule has 2 rings (SSSR count). The number of amides is 2. The van der Waals surface area contributed by atoms with Gasteiger partial charge in [-0.1, -0.05) is 13.8 Å². The van der Waals surface area contributed by atoms with Gasteiger partial charge in [-0.25, -0.2) is 9.78 Å². The van der Waals surface area contributed by atoms with Crippen LogP contribution in [0.1, 0.15) is 13.8 Å². The summed E-state index contributed by atoms with van der Waals surface area (Å²) >= 11 is 0. The molecule has 0 bridgehead atoms. The molecular formula is C16H26N4O3. The van der Waals surface area contributed by atoms with E-state index in [1.165, 1.54) is 7.11 Å². The topological polar surface area (TPSA) is 75.7 Å². The number of carbonyl (C=O) groups is 1. The van der Waals surface area contributed by atoms with Gasteiger partial charge in [-0.3, -0.25) is 4.90 Å². The maximum atomic E-state index is 12.1. The van der Waals surface area contributed by atoms with Gasteiger partial charge < -0.3 is 20.1 Å². The average Bonchev–Trinajstić information content (AvgIpc) is 2.56. The Morgan fingerprint density at radius 1 is 1.43 bits per heavy atom. The number of methoxy groups -OCH3 is 1. The Kier molecular flexibility index (Phi) is 6.61. The highest BCUT2D eigenvalue weighted by Crippen LogP contribution is 2.19. The molecular weight excluding hydrogens is 296 g/mol. The van der Waals surface area contributed by atoms with E-state index in [2.05, 4.69) is 34.4 Å². The molecule has 7 heteroatoms. The number of hydrogen-bond acceptors (Lipinski definition) is 5. The number of aromatic nitrogens is 1. The normalized spacial score (nSPS) is 16.9. The summed E-state index contributed by atoms with van der Waals surface area (Å²) < 4.78 is 10.5. The van der Waals surface area contributed by atoms with Crippen molar-refractivity contribution in [3.8, 4) is 5.88 Å². The summed E-state index contributed by atoms with van der Waals surface area (Å²) in [7, 11) is 1.53. The molecule has 0 spiro atoms. The molecule has 1 atom stereocenters. The third-order valence-electron chi connectivity index (χ3n) is 3.97. The molecule has 1 fully saturated rings. The molecule has 1 aliphatic heterocycles. The van der Waals surface area contributed by atoms with E-state index in [1.807, 2.05) is 0 Å². The minimum Gasteiger partial charge on any atom is -0.480 e. The van der Waals surface area contributed by atoms with E-state index in [9.17, 15) is 4.79 Å².